The lowest BCUT2D eigenvalue weighted by atomic mass is 10.0. The van der Waals surface area contributed by atoms with Crippen LogP contribution in [0.1, 0.15) is 387 Å². The average Bonchev–Trinajstić information content (AvgIpc) is 3.47. The van der Waals surface area contributed by atoms with Crippen LogP contribution in [-0.2, 0) is 28.6 Å². The smallest absolute Gasteiger partial charge is 0.306 e. The van der Waals surface area contributed by atoms with Crippen molar-refractivity contribution in [2.45, 2.75) is 393 Å². The van der Waals surface area contributed by atoms with E-state index >= 15 is 0 Å². The molecule has 1 atom stereocenters. The molecule has 478 valence electrons. The average molecular weight is 1150 g/mol. The summed E-state index contributed by atoms with van der Waals surface area (Å²) in [5, 5.41) is 0. The number of ether oxygens (including phenoxy) is 3. The zero-order chi connectivity index (χ0) is 59.2. The van der Waals surface area contributed by atoms with Crippen molar-refractivity contribution in [3.8, 4) is 0 Å². The second kappa shape index (κ2) is 70.6. The minimum absolute atomic E-state index is 0.0718. The highest BCUT2D eigenvalue weighted by Crippen LogP contribution is 2.18. The molecule has 6 nitrogen and oxygen atoms in total. The lowest BCUT2D eigenvalue weighted by molar-refractivity contribution is -0.167. The number of esters is 3. The fraction of sp³-hybridized carbons (Fsp3) is 0.829. The Morgan fingerprint density at radius 3 is 0.683 bits per heavy atom. The molecular formula is C76H138O6. The fourth-order valence-electron chi connectivity index (χ4n) is 10.8. The van der Waals surface area contributed by atoms with Gasteiger partial charge in [-0.15, -0.1) is 0 Å². The predicted octanol–water partition coefficient (Wildman–Crippen LogP) is 25.1. The van der Waals surface area contributed by atoms with Gasteiger partial charge in [0.15, 0.2) is 6.10 Å². The molecule has 0 rings (SSSR count). The summed E-state index contributed by atoms with van der Waals surface area (Å²) in [5.74, 6) is -0.852. The van der Waals surface area contributed by atoms with Gasteiger partial charge in [-0.3, -0.25) is 14.4 Å². The van der Waals surface area contributed by atoms with E-state index in [4.69, 9.17) is 14.2 Å². The van der Waals surface area contributed by atoms with E-state index < -0.39 is 6.10 Å². The molecule has 0 amide bonds. The van der Waals surface area contributed by atoms with Crippen molar-refractivity contribution in [2.24, 2.45) is 0 Å². The van der Waals surface area contributed by atoms with Crippen molar-refractivity contribution >= 4 is 17.9 Å². The topological polar surface area (TPSA) is 78.9 Å². The summed E-state index contributed by atoms with van der Waals surface area (Å²) in [6.07, 6.45) is 91.0. The Bertz CT molecular complexity index is 1460. The van der Waals surface area contributed by atoms with Crippen LogP contribution in [-0.4, -0.2) is 37.2 Å². The van der Waals surface area contributed by atoms with Gasteiger partial charge < -0.3 is 14.2 Å². The van der Waals surface area contributed by atoms with Gasteiger partial charge in [-0.05, 0) is 89.9 Å². The van der Waals surface area contributed by atoms with Crippen molar-refractivity contribution < 1.29 is 28.6 Å². The van der Waals surface area contributed by atoms with E-state index in [1.165, 1.54) is 270 Å². The minimum Gasteiger partial charge on any atom is -0.462 e. The molecule has 0 aliphatic heterocycles. The summed E-state index contributed by atoms with van der Waals surface area (Å²) >= 11 is 0. The van der Waals surface area contributed by atoms with Crippen molar-refractivity contribution in [1.29, 1.82) is 0 Å². The first-order valence-corrected chi connectivity index (χ1v) is 36.3. The first kappa shape index (κ1) is 79.1. The van der Waals surface area contributed by atoms with Crippen molar-refractivity contribution in [1.82, 2.24) is 0 Å². The van der Waals surface area contributed by atoms with Crippen LogP contribution in [0.4, 0.5) is 0 Å². The molecule has 0 aliphatic rings. The van der Waals surface area contributed by atoms with Crippen molar-refractivity contribution in [3.63, 3.8) is 0 Å². The first-order chi connectivity index (χ1) is 40.5. The van der Waals surface area contributed by atoms with E-state index in [9.17, 15) is 14.4 Å². The molecular weight excluding hydrogens is 1010 g/mol. The molecule has 0 aliphatic carbocycles. The standard InChI is InChI=1S/C76H138O6/c1-4-7-10-13-16-19-22-25-28-31-33-35-37-38-40-41-43-45-48-51-54-57-60-63-66-69-75(78)81-72-73(71-80-74(77)68-65-62-59-56-53-50-47-30-27-24-21-18-15-12-9-6-3)82-76(79)70-67-64-61-58-55-52-49-46-44-42-39-36-34-32-29-26-23-20-17-14-11-8-5-2/h22-23,25-26,31-34,37-38,73H,4-21,24,27-30,35-36,39-72H2,1-3H3/b25-22-,26-23-,33-31-,34-32-,38-37-. The molecule has 6 heteroatoms. The van der Waals surface area contributed by atoms with E-state index in [-0.39, 0.29) is 31.1 Å². The van der Waals surface area contributed by atoms with Crippen LogP contribution in [0.15, 0.2) is 60.8 Å². The van der Waals surface area contributed by atoms with Gasteiger partial charge in [-0.25, -0.2) is 0 Å². The molecule has 0 saturated carbocycles. The SMILES string of the molecule is CCCCCCC/C=C\C/C=C\C/C=C\CCCCCCCCCCCCC(=O)OCC(COC(=O)CCCCCCCCCCCCCCCCCC)OC(=O)CCCCCCCCCCCCC/C=C\C/C=C\CCCCCCC. The third-order valence-corrected chi connectivity index (χ3v) is 16.2. The summed E-state index contributed by atoms with van der Waals surface area (Å²) < 4.78 is 17.0. The second-order valence-corrected chi connectivity index (χ2v) is 24.5. The van der Waals surface area contributed by atoms with Gasteiger partial charge in [-0.1, -0.05) is 338 Å². The number of carbonyl (C=O) groups is 3. The molecule has 0 aromatic heterocycles. The minimum atomic E-state index is -0.777. The van der Waals surface area contributed by atoms with Crippen LogP contribution < -0.4 is 0 Å². The maximum atomic E-state index is 13.0. The van der Waals surface area contributed by atoms with Crippen LogP contribution in [0.5, 0.6) is 0 Å². The zero-order valence-corrected chi connectivity index (χ0v) is 55.0. The predicted molar refractivity (Wildman–Crippen MR) is 358 cm³/mol. The molecule has 1 unspecified atom stereocenters. The largest absolute Gasteiger partial charge is 0.462 e. The molecule has 0 radical (unpaired) electrons. The Morgan fingerprint density at radius 2 is 0.439 bits per heavy atom. The van der Waals surface area contributed by atoms with E-state index in [0.717, 1.165) is 77.0 Å². The Kier molecular flexibility index (Phi) is 68.1. The number of hydrogen-bond donors (Lipinski definition) is 0. The number of allylic oxidation sites excluding steroid dienone is 10. The van der Waals surface area contributed by atoms with Gasteiger partial charge >= 0.3 is 17.9 Å². The summed E-state index contributed by atoms with van der Waals surface area (Å²) in [6.45, 7) is 6.68. The third kappa shape index (κ3) is 67.9. The highest BCUT2D eigenvalue weighted by Gasteiger charge is 2.19. The van der Waals surface area contributed by atoms with E-state index in [1.54, 1.807) is 0 Å². The molecule has 0 aromatic carbocycles. The fourth-order valence-corrected chi connectivity index (χ4v) is 10.8. The second-order valence-electron chi connectivity index (χ2n) is 24.5. The number of rotatable bonds is 67. The molecule has 0 fully saturated rings. The summed E-state index contributed by atoms with van der Waals surface area (Å²) in [4.78, 5) is 38.5. The van der Waals surface area contributed by atoms with E-state index in [1.807, 2.05) is 0 Å². The summed E-state index contributed by atoms with van der Waals surface area (Å²) in [5.41, 5.74) is 0. The number of carbonyl (C=O) groups excluding carboxylic acids is 3. The van der Waals surface area contributed by atoms with Gasteiger partial charge in [0.05, 0.1) is 0 Å². The Balaban J connectivity index is 4.32. The van der Waals surface area contributed by atoms with Gasteiger partial charge in [0.2, 0.25) is 0 Å². The number of unbranched alkanes of at least 4 members (excludes halogenated alkanes) is 46. The Hall–Kier alpha value is -2.89. The van der Waals surface area contributed by atoms with Gasteiger partial charge in [0, 0.05) is 19.3 Å². The van der Waals surface area contributed by atoms with E-state index in [2.05, 4.69) is 81.5 Å². The normalized spacial score (nSPS) is 12.4. The maximum absolute atomic E-state index is 13.0. The summed E-state index contributed by atoms with van der Waals surface area (Å²) in [6, 6.07) is 0. The van der Waals surface area contributed by atoms with Gasteiger partial charge in [-0.2, -0.15) is 0 Å². The zero-order valence-electron chi connectivity index (χ0n) is 55.0. The molecule has 0 N–H and O–H groups in total. The van der Waals surface area contributed by atoms with Crippen LogP contribution in [0.3, 0.4) is 0 Å². The molecule has 0 saturated heterocycles. The third-order valence-electron chi connectivity index (χ3n) is 16.2. The van der Waals surface area contributed by atoms with Crippen LogP contribution in [0.25, 0.3) is 0 Å². The molecule has 0 aromatic rings. The van der Waals surface area contributed by atoms with Crippen LogP contribution in [0.2, 0.25) is 0 Å². The highest BCUT2D eigenvalue weighted by atomic mass is 16.6. The van der Waals surface area contributed by atoms with E-state index in [0.29, 0.717) is 19.3 Å². The molecule has 0 spiro atoms. The monoisotopic (exact) mass is 1150 g/mol. The first-order valence-electron chi connectivity index (χ1n) is 36.3. The quantitative estimate of drug-likeness (QED) is 0.0261. The highest BCUT2D eigenvalue weighted by molar-refractivity contribution is 5.71. The summed E-state index contributed by atoms with van der Waals surface area (Å²) in [7, 11) is 0. The Morgan fingerprint density at radius 1 is 0.244 bits per heavy atom. The van der Waals surface area contributed by atoms with Gasteiger partial charge in [0.1, 0.15) is 13.2 Å². The lowest BCUT2D eigenvalue weighted by Gasteiger charge is -2.18. The van der Waals surface area contributed by atoms with Crippen molar-refractivity contribution in [3.05, 3.63) is 60.8 Å². The van der Waals surface area contributed by atoms with Gasteiger partial charge in [0.25, 0.3) is 0 Å². The van der Waals surface area contributed by atoms with Crippen LogP contribution >= 0.6 is 0 Å². The molecule has 82 heavy (non-hydrogen) atoms. The molecule has 0 heterocycles. The van der Waals surface area contributed by atoms with Crippen LogP contribution in [0, 0.1) is 0 Å². The lowest BCUT2D eigenvalue weighted by Crippen LogP contribution is -2.30. The Labute approximate surface area is 510 Å². The van der Waals surface area contributed by atoms with Crippen molar-refractivity contribution in [2.75, 3.05) is 13.2 Å². The number of hydrogen-bond acceptors (Lipinski definition) is 6. The maximum Gasteiger partial charge on any atom is 0.306 e. The molecule has 0 bridgehead atoms.